The number of hydrogen-bond acceptors (Lipinski definition) is 0. The minimum atomic E-state index is 0.0976. The van der Waals surface area contributed by atoms with E-state index in [1.54, 1.807) is 0 Å². The molecule has 0 amide bonds. The van der Waals surface area contributed by atoms with Gasteiger partial charge in [0.05, 0.1) is 0 Å². The third-order valence-corrected chi connectivity index (χ3v) is 14.5. The third-order valence-electron chi connectivity index (χ3n) is 14.5. The van der Waals surface area contributed by atoms with E-state index in [9.17, 15) is 0 Å². The summed E-state index contributed by atoms with van der Waals surface area (Å²) in [4.78, 5) is 0. The van der Waals surface area contributed by atoms with Crippen LogP contribution in [0.1, 0.15) is 36.8 Å². The molecule has 13 rings (SSSR count). The van der Waals surface area contributed by atoms with Crippen LogP contribution >= 0.6 is 0 Å². The van der Waals surface area contributed by atoms with Gasteiger partial charge in [0.15, 0.2) is 0 Å². The van der Waals surface area contributed by atoms with Crippen LogP contribution in [0.2, 0.25) is 0 Å². The summed E-state index contributed by atoms with van der Waals surface area (Å²) in [7, 11) is 4.37. The Morgan fingerprint density at radius 3 is 1.41 bits per heavy atom. The Balaban J connectivity index is 1.14. The van der Waals surface area contributed by atoms with Crippen LogP contribution < -0.4 is 0 Å². The van der Waals surface area contributed by atoms with Gasteiger partial charge in [-0.3, -0.25) is 0 Å². The summed E-state index contributed by atoms with van der Waals surface area (Å²) in [6, 6.07) is 64.8. The van der Waals surface area contributed by atoms with E-state index < -0.39 is 0 Å². The molecular weight excluding hydrogens is 713 g/mol. The Morgan fingerprint density at radius 2 is 0.797 bits per heavy atom. The molecule has 11 aromatic rings. The second-order valence-electron chi connectivity index (χ2n) is 17.2. The largest absolute Gasteiger partial charge is 0.344 e. The minimum Gasteiger partial charge on any atom is -0.344 e. The van der Waals surface area contributed by atoms with Crippen molar-refractivity contribution in [2.24, 2.45) is 14.1 Å². The van der Waals surface area contributed by atoms with Crippen molar-refractivity contribution in [2.45, 2.75) is 31.1 Å². The van der Waals surface area contributed by atoms with E-state index in [0.717, 1.165) is 0 Å². The lowest BCUT2D eigenvalue weighted by Gasteiger charge is -2.27. The summed E-state index contributed by atoms with van der Waals surface area (Å²) in [5.41, 5.74) is 18.7. The molecular formula is C57H42N2. The zero-order chi connectivity index (χ0) is 39.0. The van der Waals surface area contributed by atoms with E-state index in [2.05, 4.69) is 193 Å². The third kappa shape index (κ3) is 4.41. The standard InChI is InChI=1S/C57H42N2/c1-58-51-24-7-4-14-39(51)47-32-35(26-28-53(47)58)37-17-11-19-41-45(37)34-46-38(36-27-29-54-48(33-36)40-15-5-8-25-52(40)59(54)2)18-12-20-42(46)55(41)44-21-13-23-50-56(44)43-16-3-6-22-49(43)57(50)30-9-10-31-57/h3-8,11-29,32-34H,9-10,30-31H2,1-2H3. The van der Waals surface area contributed by atoms with Crippen molar-refractivity contribution in [3.05, 3.63) is 181 Å². The molecule has 1 spiro atoms. The fourth-order valence-electron chi connectivity index (χ4n) is 11.9. The molecule has 0 N–H and O–H groups in total. The van der Waals surface area contributed by atoms with Crippen LogP contribution in [0.15, 0.2) is 170 Å². The quantitative estimate of drug-likeness (QED) is 0.159. The van der Waals surface area contributed by atoms with Crippen molar-refractivity contribution < 1.29 is 0 Å². The molecule has 2 aliphatic rings. The van der Waals surface area contributed by atoms with Gasteiger partial charge in [-0.15, -0.1) is 0 Å². The molecule has 0 saturated heterocycles. The molecule has 59 heavy (non-hydrogen) atoms. The van der Waals surface area contributed by atoms with Gasteiger partial charge in [0.1, 0.15) is 0 Å². The molecule has 2 nitrogen and oxygen atoms in total. The van der Waals surface area contributed by atoms with E-state index in [1.807, 2.05) is 0 Å². The molecule has 0 unspecified atom stereocenters. The Kier molecular flexibility index (Phi) is 6.77. The maximum absolute atomic E-state index is 2.51. The highest BCUT2D eigenvalue weighted by molar-refractivity contribution is 6.21. The van der Waals surface area contributed by atoms with Gasteiger partial charge in [-0.2, -0.15) is 0 Å². The van der Waals surface area contributed by atoms with Crippen LogP contribution in [-0.2, 0) is 19.5 Å². The first kappa shape index (κ1) is 33.1. The predicted molar refractivity (Wildman–Crippen MR) is 250 cm³/mol. The van der Waals surface area contributed by atoms with Gasteiger partial charge < -0.3 is 9.13 Å². The number of para-hydroxylation sites is 2. The first-order valence-corrected chi connectivity index (χ1v) is 21.3. The van der Waals surface area contributed by atoms with Gasteiger partial charge >= 0.3 is 0 Å². The Hall–Kier alpha value is -6.90. The number of hydrogen-bond donors (Lipinski definition) is 0. The highest BCUT2D eigenvalue weighted by Gasteiger charge is 2.45. The molecule has 9 aromatic carbocycles. The van der Waals surface area contributed by atoms with E-state index >= 15 is 0 Å². The van der Waals surface area contributed by atoms with Gasteiger partial charge in [-0.1, -0.05) is 140 Å². The lowest BCUT2D eigenvalue weighted by molar-refractivity contribution is 0.550. The number of benzene rings is 9. The van der Waals surface area contributed by atoms with Crippen molar-refractivity contribution in [3.8, 4) is 44.5 Å². The first-order chi connectivity index (χ1) is 29.1. The maximum Gasteiger partial charge on any atom is 0.0489 e. The number of aromatic nitrogens is 2. The zero-order valence-corrected chi connectivity index (χ0v) is 33.4. The normalized spacial score (nSPS) is 14.5. The number of rotatable bonds is 3. The summed E-state index contributed by atoms with van der Waals surface area (Å²) >= 11 is 0. The van der Waals surface area contributed by atoms with E-state index in [0.29, 0.717) is 0 Å². The molecule has 0 aliphatic heterocycles. The van der Waals surface area contributed by atoms with E-state index in [-0.39, 0.29) is 5.41 Å². The number of aryl methyl sites for hydroxylation is 2. The fourth-order valence-corrected chi connectivity index (χ4v) is 11.9. The molecule has 0 bridgehead atoms. The second-order valence-corrected chi connectivity index (χ2v) is 17.2. The summed E-state index contributed by atoms with van der Waals surface area (Å²) in [6.07, 6.45) is 5.00. The van der Waals surface area contributed by atoms with E-state index in [4.69, 9.17) is 0 Å². The van der Waals surface area contributed by atoms with Gasteiger partial charge in [0.25, 0.3) is 0 Å². The van der Waals surface area contributed by atoms with Gasteiger partial charge in [0, 0.05) is 63.1 Å². The molecule has 1 saturated carbocycles. The Morgan fingerprint density at radius 1 is 0.339 bits per heavy atom. The molecule has 2 heteroatoms. The van der Waals surface area contributed by atoms with Gasteiger partial charge in [0.2, 0.25) is 0 Å². The number of nitrogens with zero attached hydrogens (tertiary/aromatic N) is 2. The van der Waals surface area contributed by atoms with Crippen molar-refractivity contribution in [2.75, 3.05) is 0 Å². The molecule has 280 valence electrons. The average molecular weight is 755 g/mol. The van der Waals surface area contributed by atoms with Gasteiger partial charge in [-0.25, -0.2) is 0 Å². The summed E-state index contributed by atoms with van der Waals surface area (Å²) in [5, 5.41) is 10.3. The lowest BCUT2D eigenvalue weighted by Crippen LogP contribution is -2.20. The van der Waals surface area contributed by atoms with Crippen molar-refractivity contribution in [1.29, 1.82) is 0 Å². The summed E-state index contributed by atoms with van der Waals surface area (Å²) < 4.78 is 4.65. The van der Waals surface area contributed by atoms with Crippen LogP contribution in [-0.4, -0.2) is 9.13 Å². The summed E-state index contributed by atoms with van der Waals surface area (Å²) in [5.74, 6) is 0. The fraction of sp³-hybridized carbons (Fsp3) is 0.123. The van der Waals surface area contributed by atoms with Crippen LogP contribution in [0.3, 0.4) is 0 Å². The first-order valence-electron chi connectivity index (χ1n) is 21.3. The zero-order valence-electron chi connectivity index (χ0n) is 33.4. The smallest absolute Gasteiger partial charge is 0.0489 e. The topological polar surface area (TPSA) is 9.86 Å². The van der Waals surface area contributed by atoms with E-state index in [1.165, 1.54) is 146 Å². The van der Waals surface area contributed by atoms with Crippen LogP contribution in [0.4, 0.5) is 0 Å². The Bertz CT molecular complexity index is 3410. The summed E-state index contributed by atoms with van der Waals surface area (Å²) in [6.45, 7) is 0. The highest BCUT2D eigenvalue weighted by Crippen LogP contribution is 2.60. The molecule has 0 radical (unpaired) electrons. The minimum absolute atomic E-state index is 0.0976. The molecule has 2 aliphatic carbocycles. The molecule has 1 fully saturated rings. The van der Waals surface area contributed by atoms with Crippen LogP contribution in [0, 0.1) is 0 Å². The number of fused-ring (bicyclic) bond motifs is 13. The monoisotopic (exact) mass is 754 g/mol. The van der Waals surface area contributed by atoms with Crippen molar-refractivity contribution in [1.82, 2.24) is 9.13 Å². The Labute approximate surface area is 343 Å². The molecule has 0 atom stereocenters. The predicted octanol–water partition coefficient (Wildman–Crippen LogP) is 15.1. The molecule has 2 aromatic heterocycles. The average Bonchev–Trinajstić information content (AvgIpc) is 4.04. The van der Waals surface area contributed by atoms with Crippen molar-refractivity contribution in [3.63, 3.8) is 0 Å². The van der Waals surface area contributed by atoms with Crippen LogP contribution in [0.25, 0.3) is 110 Å². The molecule has 2 heterocycles. The second kappa shape index (κ2) is 12.1. The SMILES string of the molecule is Cn1c2ccccc2c2cc(-c3cccc4c(-c5cccc6c5-c5ccccc5C65CCCC5)c5cccc(-c6ccc7c(c6)c6ccccc6n7C)c5cc34)ccc21. The maximum atomic E-state index is 2.51. The highest BCUT2D eigenvalue weighted by atomic mass is 14.9. The van der Waals surface area contributed by atoms with Crippen LogP contribution in [0.5, 0.6) is 0 Å². The van der Waals surface area contributed by atoms with Gasteiger partial charge in [-0.05, 0) is 132 Å². The van der Waals surface area contributed by atoms with Crippen molar-refractivity contribution >= 4 is 65.2 Å². The lowest BCUT2D eigenvalue weighted by atomic mass is 9.76.